The summed E-state index contributed by atoms with van der Waals surface area (Å²) in [5, 5.41) is 5.36. The highest BCUT2D eigenvalue weighted by Crippen LogP contribution is 2.43. The molecule has 9 aromatic rings. The minimum atomic E-state index is -0.00433. The first-order valence-electron chi connectivity index (χ1n) is 22.7. The molecule has 0 amide bonds. The Labute approximate surface area is 382 Å². The molecule has 0 fully saturated rings. The lowest BCUT2D eigenvalue weighted by molar-refractivity contribution is 0.590. The number of nitrogens with zero attached hydrogens (tertiary/aromatic N) is 2. The SMILES string of the molecule is CC(C)(C)c1ccc2c(c1)c1cc(C(C)(C)C)ccc1n2-c1cccc(Sc2ccc3c(c2)B2c4c(cccc4-n4c5ccc(C(C)(C)C)cc5c5cc(C(C)(C)C)cc2c54)S3)c1. The van der Waals surface area contributed by atoms with Crippen LogP contribution in [-0.4, -0.2) is 15.8 Å². The largest absolute Gasteiger partial charge is 0.310 e. The van der Waals surface area contributed by atoms with Crippen LogP contribution in [0.4, 0.5) is 0 Å². The average Bonchev–Trinajstić information content (AvgIpc) is 3.73. The second kappa shape index (κ2) is 13.7. The van der Waals surface area contributed by atoms with Crippen molar-refractivity contribution in [2.75, 3.05) is 0 Å². The molecule has 0 radical (unpaired) electrons. The van der Waals surface area contributed by atoms with E-state index in [1.54, 1.807) is 0 Å². The van der Waals surface area contributed by atoms with Gasteiger partial charge in [-0.05, 0) is 140 Å². The molecule has 0 spiro atoms. The van der Waals surface area contributed by atoms with Crippen molar-refractivity contribution in [3.8, 4) is 11.4 Å². The van der Waals surface area contributed by atoms with Gasteiger partial charge in [0.15, 0.2) is 0 Å². The van der Waals surface area contributed by atoms with E-state index in [0.717, 1.165) is 0 Å². The molecule has 5 heteroatoms. The zero-order chi connectivity index (χ0) is 44.1. The second-order valence-electron chi connectivity index (χ2n) is 22.4. The van der Waals surface area contributed by atoms with Crippen molar-refractivity contribution in [2.45, 2.75) is 124 Å². The van der Waals surface area contributed by atoms with Crippen LogP contribution >= 0.6 is 23.5 Å². The van der Waals surface area contributed by atoms with Gasteiger partial charge in [0.05, 0.1) is 16.6 Å². The van der Waals surface area contributed by atoms with Gasteiger partial charge in [0.1, 0.15) is 0 Å². The van der Waals surface area contributed by atoms with Crippen LogP contribution in [0.3, 0.4) is 0 Å². The summed E-state index contributed by atoms with van der Waals surface area (Å²) in [6.45, 7) is 28.1. The fraction of sp³-hybridized carbons (Fsp3) is 0.276. The third-order valence-corrected chi connectivity index (χ3v) is 16.0. The van der Waals surface area contributed by atoms with Gasteiger partial charge >= 0.3 is 0 Å². The summed E-state index contributed by atoms with van der Waals surface area (Å²) in [5.41, 5.74) is 17.6. The van der Waals surface area contributed by atoms with Gasteiger partial charge in [-0.25, -0.2) is 0 Å². The van der Waals surface area contributed by atoms with E-state index >= 15 is 0 Å². The summed E-state index contributed by atoms with van der Waals surface area (Å²) in [6.07, 6.45) is 0. The smallest absolute Gasteiger partial charge is 0.249 e. The number of benzene rings is 7. The lowest BCUT2D eigenvalue weighted by atomic mass is 9.35. The maximum Gasteiger partial charge on any atom is 0.249 e. The molecule has 0 saturated carbocycles. The second-order valence-corrected chi connectivity index (χ2v) is 24.6. The van der Waals surface area contributed by atoms with Gasteiger partial charge in [-0.1, -0.05) is 155 Å². The molecule has 2 aliphatic heterocycles. The lowest BCUT2D eigenvalue weighted by Gasteiger charge is -2.34. The molecule has 0 unspecified atom stereocenters. The van der Waals surface area contributed by atoms with E-state index in [0.29, 0.717) is 0 Å². The molecule has 0 bridgehead atoms. The zero-order valence-electron chi connectivity index (χ0n) is 38.9. The summed E-state index contributed by atoms with van der Waals surface area (Å²) < 4.78 is 5.07. The van der Waals surface area contributed by atoms with Gasteiger partial charge in [0.2, 0.25) is 6.71 Å². The maximum atomic E-state index is 2.59. The van der Waals surface area contributed by atoms with Crippen molar-refractivity contribution in [1.82, 2.24) is 9.13 Å². The number of aromatic nitrogens is 2. The number of fused-ring (bicyclic) bond motifs is 10. The molecular weight excluding hydrogens is 800 g/mol. The highest BCUT2D eigenvalue weighted by Gasteiger charge is 2.40. The molecule has 0 N–H and O–H groups in total. The highest BCUT2D eigenvalue weighted by atomic mass is 32.2. The molecule has 314 valence electrons. The Bertz CT molecular complexity index is 3320. The predicted octanol–water partition coefficient (Wildman–Crippen LogP) is 14.5. The topological polar surface area (TPSA) is 9.86 Å². The van der Waals surface area contributed by atoms with Gasteiger partial charge in [0.25, 0.3) is 0 Å². The molecule has 7 aromatic carbocycles. The van der Waals surface area contributed by atoms with E-state index in [9.17, 15) is 0 Å². The third kappa shape index (κ3) is 6.46. The van der Waals surface area contributed by atoms with Crippen molar-refractivity contribution in [2.24, 2.45) is 0 Å². The van der Waals surface area contributed by atoms with Crippen molar-refractivity contribution < 1.29 is 0 Å². The van der Waals surface area contributed by atoms with Gasteiger partial charge in [-0.3, -0.25) is 0 Å². The maximum absolute atomic E-state index is 2.59. The summed E-state index contributed by atoms with van der Waals surface area (Å²) in [6, 6.07) is 49.9. The average molecular weight is 857 g/mol. The van der Waals surface area contributed by atoms with Gasteiger partial charge in [-0.2, -0.15) is 0 Å². The molecule has 11 rings (SSSR count). The van der Waals surface area contributed by atoms with Crippen molar-refractivity contribution in [3.05, 3.63) is 150 Å². The quantitative estimate of drug-likeness (QED) is 0.164. The minimum absolute atomic E-state index is 0.00433. The first-order valence-corrected chi connectivity index (χ1v) is 24.3. The summed E-state index contributed by atoms with van der Waals surface area (Å²) >= 11 is 3.81. The Morgan fingerprint density at radius 1 is 0.429 bits per heavy atom. The molecule has 2 aromatic heterocycles. The number of hydrogen-bond donors (Lipinski definition) is 0. The Morgan fingerprint density at radius 3 is 1.54 bits per heavy atom. The van der Waals surface area contributed by atoms with E-state index < -0.39 is 0 Å². The van der Waals surface area contributed by atoms with Crippen LogP contribution in [0.15, 0.2) is 147 Å². The van der Waals surface area contributed by atoms with E-state index in [1.165, 1.54) is 113 Å². The molecule has 2 aliphatic rings. The number of hydrogen-bond acceptors (Lipinski definition) is 2. The van der Waals surface area contributed by atoms with Crippen LogP contribution in [0.2, 0.25) is 0 Å². The van der Waals surface area contributed by atoms with Crippen molar-refractivity contribution in [1.29, 1.82) is 0 Å². The van der Waals surface area contributed by atoms with Crippen molar-refractivity contribution >= 4 is 90.2 Å². The van der Waals surface area contributed by atoms with E-state index in [-0.39, 0.29) is 28.4 Å². The molecule has 4 heterocycles. The fourth-order valence-corrected chi connectivity index (χ4v) is 12.3. The van der Waals surface area contributed by atoms with Gasteiger partial charge in [0, 0.05) is 58.0 Å². The zero-order valence-corrected chi connectivity index (χ0v) is 40.5. The Kier molecular flexibility index (Phi) is 8.85. The first-order chi connectivity index (χ1) is 29.7. The van der Waals surface area contributed by atoms with E-state index in [1.807, 2.05) is 23.5 Å². The van der Waals surface area contributed by atoms with Crippen LogP contribution in [0, 0.1) is 0 Å². The van der Waals surface area contributed by atoms with Crippen LogP contribution in [-0.2, 0) is 21.7 Å². The number of rotatable bonds is 3. The molecule has 0 aliphatic carbocycles. The van der Waals surface area contributed by atoms with Crippen LogP contribution < -0.4 is 16.4 Å². The lowest BCUT2D eigenvalue weighted by Crippen LogP contribution is -2.59. The first kappa shape index (κ1) is 40.7. The Balaban J connectivity index is 1.05. The minimum Gasteiger partial charge on any atom is -0.310 e. The van der Waals surface area contributed by atoms with Crippen LogP contribution in [0.5, 0.6) is 0 Å². The van der Waals surface area contributed by atoms with Crippen LogP contribution in [0.25, 0.3) is 55.0 Å². The van der Waals surface area contributed by atoms with Gasteiger partial charge in [-0.15, -0.1) is 0 Å². The summed E-state index contributed by atoms with van der Waals surface area (Å²) in [7, 11) is 0. The van der Waals surface area contributed by atoms with E-state index in [4.69, 9.17) is 0 Å². The van der Waals surface area contributed by atoms with E-state index in [2.05, 4.69) is 220 Å². The highest BCUT2D eigenvalue weighted by molar-refractivity contribution is 8.00. The summed E-state index contributed by atoms with van der Waals surface area (Å²) in [4.78, 5) is 5.22. The normalized spacial score (nSPS) is 14.0. The molecule has 2 nitrogen and oxygen atoms in total. The molecular formula is C58H57BN2S2. The molecule has 63 heavy (non-hydrogen) atoms. The third-order valence-electron chi connectivity index (χ3n) is 13.8. The molecule has 0 saturated heterocycles. The van der Waals surface area contributed by atoms with Crippen molar-refractivity contribution in [3.63, 3.8) is 0 Å². The Hall–Kier alpha value is -5.10. The monoisotopic (exact) mass is 856 g/mol. The Morgan fingerprint density at radius 2 is 0.952 bits per heavy atom. The van der Waals surface area contributed by atoms with Crippen LogP contribution in [0.1, 0.15) is 105 Å². The summed E-state index contributed by atoms with van der Waals surface area (Å²) in [5.74, 6) is 0. The predicted molar refractivity (Wildman–Crippen MR) is 276 cm³/mol. The standard InChI is InChI=1S/C58H57BN2S2/c1-55(2,3)34-19-23-47-41(27-34)42-28-35(56(4,5)6)20-24-48(42)60(47)38-15-13-16-39(32-38)62-40-22-26-51-45(33-40)59-46-31-37(58(10,11)12)30-44-43-29-36(57(7,8)9)21-25-49(43)61(54(44)46)50-17-14-18-52(63-51)53(50)59/h13-33H,1-12H3. The molecule has 0 atom stereocenters. The fourth-order valence-electron chi connectivity index (χ4n) is 10.2. The van der Waals surface area contributed by atoms with Gasteiger partial charge < -0.3 is 9.13 Å².